The van der Waals surface area contributed by atoms with Gasteiger partial charge in [0.15, 0.2) is 0 Å². The molecular formula is C12H16N2O4. The van der Waals surface area contributed by atoms with Crippen LogP contribution in [0.25, 0.3) is 0 Å². The largest absolute Gasteiger partial charge is 0.429 e. The van der Waals surface area contributed by atoms with Gasteiger partial charge in [-0.3, -0.25) is 10.1 Å². The smallest absolute Gasteiger partial charge is 0.301 e. The number of fused-ring (bicyclic) bond motifs is 1. The van der Waals surface area contributed by atoms with Crippen molar-refractivity contribution in [3.05, 3.63) is 12.0 Å². The molecule has 1 amide bonds. The average Bonchev–Trinajstić information content (AvgIpc) is 2.95. The van der Waals surface area contributed by atoms with Gasteiger partial charge < -0.3 is 13.9 Å². The Kier molecular flexibility index (Phi) is 3.05. The number of ether oxygens (including phenoxy) is 2. The molecule has 6 heteroatoms. The highest BCUT2D eigenvalue weighted by Crippen LogP contribution is 2.33. The average molecular weight is 252 g/mol. The Bertz CT molecular complexity index is 445. The van der Waals surface area contributed by atoms with Crippen LogP contribution in [-0.4, -0.2) is 36.8 Å². The Morgan fingerprint density at radius 1 is 1.50 bits per heavy atom. The van der Waals surface area contributed by atoms with Crippen molar-refractivity contribution in [3.63, 3.8) is 0 Å². The van der Waals surface area contributed by atoms with Crippen molar-refractivity contribution < 1.29 is 18.7 Å². The molecule has 6 nitrogen and oxygen atoms in total. The quantitative estimate of drug-likeness (QED) is 0.849. The van der Waals surface area contributed by atoms with E-state index in [9.17, 15) is 4.79 Å². The summed E-state index contributed by atoms with van der Waals surface area (Å²) < 4.78 is 16.2. The summed E-state index contributed by atoms with van der Waals surface area (Å²) in [6.45, 7) is 3.76. The van der Waals surface area contributed by atoms with E-state index in [0.717, 1.165) is 6.42 Å². The van der Waals surface area contributed by atoms with E-state index in [1.54, 1.807) is 13.1 Å². The molecule has 1 N–H and O–H groups in total. The van der Waals surface area contributed by atoms with Gasteiger partial charge in [0.05, 0.1) is 19.4 Å². The molecule has 0 aliphatic carbocycles. The predicted molar refractivity (Wildman–Crippen MR) is 62.0 cm³/mol. The van der Waals surface area contributed by atoms with Gasteiger partial charge in [-0.2, -0.15) is 0 Å². The van der Waals surface area contributed by atoms with Crippen LogP contribution in [0.5, 0.6) is 0 Å². The van der Waals surface area contributed by atoms with Crippen LogP contribution in [0, 0.1) is 18.8 Å². The number of rotatable bonds is 2. The SMILES string of the molecule is Cc1cnc(NC(=O)[C@@H]2OC[C@@H]3COCC[C@@H]32)o1. The summed E-state index contributed by atoms with van der Waals surface area (Å²) >= 11 is 0. The summed E-state index contributed by atoms with van der Waals surface area (Å²) in [5.74, 6) is 1.07. The minimum absolute atomic E-state index is 0.175. The van der Waals surface area contributed by atoms with Crippen molar-refractivity contribution >= 4 is 11.9 Å². The Labute approximate surface area is 105 Å². The Balaban J connectivity index is 1.65. The topological polar surface area (TPSA) is 73.6 Å². The molecule has 0 aromatic carbocycles. The lowest BCUT2D eigenvalue weighted by atomic mass is 9.87. The van der Waals surface area contributed by atoms with Crippen LogP contribution in [0.2, 0.25) is 0 Å². The first kappa shape index (κ1) is 11.7. The summed E-state index contributed by atoms with van der Waals surface area (Å²) in [6, 6.07) is 0.233. The van der Waals surface area contributed by atoms with Crippen LogP contribution >= 0.6 is 0 Å². The molecule has 2 saturated heterocycles. The molecule has 2 aliphatic rings. The van der Waals surface area contributed by atoms with Gasteiger partial charge in [0.25, 0.3) is 5.91 Å². The van der Waals surface area contributed by atoms with Gasteiger partial charge in [-0.25, -0.2) is 4.98 Å². The molecular weight excluding hydrogens is 236 g/mol. The molecule has 3 heterocycles. The number of anilines is 1. The van der Waals surface area contributed by atoms with E-state index in [4.69, 9.17) is 13.9 Å². The zero-order valence-electron chi connectivity index (χ0n) is 10.2. The van der Waals surface area contributed by atoms with Crippen molar-refractivity contribution in [1.29, 1.82) is 0 Å². The maximum absolute atomic E-state index is 12.1. The van der Waals surface area contributed by atoms with E-state index in [-0.39, 0.29) is 17.8 Å². The van der Waals surface area contributed by atoms with Crippen LogP contribution in [0.15, 0.2) is 10.6 Å². The predicted octanol–water partition coefficient (Wildman–Crippen LogP) is 0.973. The first-order valence-corrected chi connectivity index (χ1v) is 6.16. The molecule has 1 aromatic rings. The van der Waals surface area contributed by atoms with Crippen LogP contribution in [0.4, 0.5) is 6.01 Å². The number of carbonyl (C=O) groups is 1. The standard InChI is InChI=1S/C12H16N2O4/c1-7-4-13-12(18-7)14-11(15)10-9-2-3-16-5-8(9)6-17-10/h4,8-10H,2-3,5-6H2,1H3,(H,13,14,15)/t8-,9-,10+/m0/s1. The summed E-state index contributed by atoms with van der Waals surface area (Å²) in [7, 11) is 0. The van der Waals surface area contributed by atoms with Gasteiger partial charge in [-0.15, -0.1) is 0 Å². The van der Waals surface area contributed by atoms with E-state index in [1.807, 2.05) is 0 Å². The fraction of sp³-hybridized carbons (Fsp3) is 0.667. The van der Waals surface area contributed by atoms with Gasteiger partial charge in [-0.05, 0) is 13.3 Å². The highest BCUT2D eigenvalue weighted by molar-refractivity contribution is 5.92. The second kappa shape index (κ2) is 4.70. The fourth-order valence-corrected chi connectivity index (χ4v) is 2.59. The first-order chi connectivity index (χ1) is 8.74. The third-order valence-corrected chi connectivity index (χ3v) is 3.52. The van der Waals surface area contributed by atoms with E-state index < -0.39 is 6.10 Å². The van der Waals surface area contributed by atoms with E-state index in [2.05, 4.69) is 10.3 Å². The van der Waals surface area contributed by atoms with Crippen LogP contribution in [-0.2, 0) is 14.3 Å². The second-order valence-electron chi connectivity index (χ2n) is 4.81. The van der Waals surface area contributed by atoms with Gasteiger partial charge in [0.2, 0.25) is 0 Å². The highest BCUT2D eigenvalue weighted by atomic mass is 16.5. The first-order valence-electron chi connectivity index (χ1n) is 6.16. The number of aryl methyl sites for hydroxylation is 1. The molecule has 98 valence electrons. The molecule has 2 fully saturated rings. The molecule has 1 aromatic heterocycles. The minimum Gasteiger partial charge on any atom is -0.429 e. The summed E-state index contributed by atoms with van der Waals surface area (Å²) in [4.78, 5) is 16.1. The van der Waals surface area contributed by atoms with Crippen molar-refractivity contribution in [2.75, 3.05) is 25.1 Å². The number of aromatic nitrogens is 1. The molecule has 0 unspecified atom stereocenters. The lowest BCUT2D eigenvalue weighted by Crippen LogP contribution is -2.37. The Morgan fingerprint density at radius 2 is 2.39 bits per heavy atom. The summed E-state index contributed by atoms with van der Waals surface area (Å²) in [6.07, 6.45) is 2.03. The summed E-state index contributed by atoms with van der Waals surface area (Å²) in [5.41, 5.74) is 0. The Hall–Kier alpha value is -1.40. The zero-order chi connectivity index (χ0) is 12.5. The number of nitrogens with zero attached hydrogens (tertiary/aromatic N) is 1. The van der Waals surface area contributed by atoms with Crippen molar-refractivity contribution in [2.45, 2.75) is 19.4 Å². The van der Waals surface area contributed by atoms with Gasteiger partial charge in [-0.1, -0.05) is 0 Å². The van der Waals surface area contributed by atoms with Crippen molar-refractivity contribution in [3.8, 4) is 0 Å². The second-order valence-corrected chi connectivity index (χ2v) is 4.81. The van der Waals surface area contributed by atoms with Gasteiger partial charge in [0, 0.05) is 18.4 Å². The molecule has 3 atom stereocenters. The lowest BCUT2D eigenvalue weighted by Gasteiger charge is -2.26. The highest BCUT2D eigenvalue weighted by Gasteiger charge is 2.43. The number of nitrogens with one attached hydrogen (secondary N) is 1. The molecule has 18 heavy (non-hydrogen) atoms. The molecule has 0 radical (unpaired) electrons. The van der Waals surface area contributed by atoms with Gasteiger partial charge in [0.1, 0.15) is 11.9 Å². The third-order valence-electron chi connectivity index (χ3n) is 3.52. The van der Waals surface area contributed by atoms with E-state index in [0.29, 0.717) is 31.5 Å². The molecule has 2 aliphatic heterocycles. The van der Waals surface area contributed by atoms with E-state index in [1.165, 1.54) is 0 Å². The fourth-order valence-electron chi connectivity index (χ4n) is 2.59. The van der Waals surface area contributed by atoms with Crippen molar-refractivity contribution in [2.24, 2.45) is 11.8 Å². The lowest BCUT2D eigenvalue weighted by molar-refractivity contribution is -0.127. The number of carbonyl (C=O) groups excluding carboxylic acids is 1. The number of amides is 1. The number of hydrogen-bond donors (Lipinski definition) is 1. The molecule has 3 rings (SSSR count). The summed E-state index contributed by atoms with van der Waals surface area (Å²) in [5, 5.41) is 2.66. The third kappa shape index (κ3) is 2.13. The molecule has 0 saturated carbocycles. The van der Waals surface area contributed by atoms with E-state index >= 15 is 0 Å². The van der Waals surface area contributed by atoms with Gasteiger partial charge >= 0.3 is 6.01 Å². The Morgan fingerprint density at radius 3 is 3.17 bits per heavy atom. The minimum atomic E-state index is -0.411. The molecule has 0 spiro atoms. The van der Waals surface area contributed by atoms with Crippen LogP contribution in [0.3, 0.4) is 0 Å². The molecule has 0 bridgehead atoms. The number of oxazole rings is 1. The monoisotopic (exact) mass is 252 g/mol. The zero-order valence-corrected chi connectivity index (χ0v) is 10.2. The van der Waals surface area contributed by atoms with Crippen LogP contribution in [0.1, 0.15) is 12.2 Å². The maximum Gasteiger partial charge on any atom is 0.301 e. The van der Waals surface area contributed by atoms with Crippen molar-refractivity contribution in [1.82, 2.24) is 4.98 Å². The normalized spacial score (nSPS) is 31.1. The van der Waals surface area contributed by atoms with Crippen LogP contribution < -0.4 is 5.32 Å². The number of hydrogen-bond acceptors (Lipinski definition) is 5. The maximum atomic E-state index is 12.1.